The zero-order valence-electron chi connectivity index (χ0n) is 13.9. The Kier molecular flexibility index (Phi) is 6.05. The third kappa shape index (κ3) is 3.90. The molecule has 1 fully saturated rings. The Bertz CT molecular complexity index is 518. The molecule has 0 aromatic heterocycles. The topological polar surface area (TPSA) is 32.3 Å². The fraction of sp³-hybridized carbons (Fsp3) is 0.526. The summed E-state index contributed by atoms with van der Waals surface area (Å²) in [5, 5.41) is 3.15. The number of hydrogen-bond donors (Lipinski definition) is 1. The summed E-state index contributed by atoms with van der Waals surface area (Å²) in [6.07, 6.45) is 8.68. The molecule has 1 N–H and O–H groups in total. The highest BCUT2D eigenvalue weighted by Gasteiger charge is 2.25. The maximum atomic E-state index is 12.8. The normalized spacial score (nSPS) is 15.4. The number of nitrogens with zero attached hydrogens (tertiary/aromatic N) is 1. The summed E-state index contributed by atoms with van der Waals surface area (Å²) in [6.45, 7) is 8.60. The van der Waals surface area contributed by atoms with Crippen LogP contribution in [0.2, 0.25) is 0 Å². The van der Waals surface area contributed by atoms with Gasteiger partial charge in [-0.05, 0) is 37.3 Å². The van der Waals surface area contributed by atoms with Gasteiger partial charge >= 0.3 is 6.03 Å². The van der Waals surface area contributed by atoms with Gasteiger partial charge in [0.05, 0.1) is 0 Å². The Labute approximate surface area is 134 Å². The molecule has 0 spiro atoms. The van der Waals surface area contributed by atoms with E-state index >= 15 is 0 Å². The summed E-state index contributed by atoms with van der Waals surface area (Å²) in [5.41, 5.74) is 3.28. The average Bonchev–Trinajstić information content (AvgIpc) is 2.55. The molecule has 0 aliphatic heterocycles. The lowest BCUT2D eigenvalue weighted by molar-refractivity contribution is 0.176. The average molecular weight is 300 g/mol. The van der Waals surface area contributed by atoms with Crippen LogP contribution >= 0.6 is 0 Å². The number of aryl methyl sites for hydroxylation is 2. The Morgan fingerprint density at radius 3 is 2.73 bits per heavy atom. The number of para-hydroxylation sites is 1. The first-order valence-corrected chi connectivity index (χ1v) is 8.44. The largest absolute Gasteiger partial charge is 0.322 e. The second-order valence-corrected chi connectivity index (χ2v) is 6.13. The number of hydrogen-bond acceptors (Lipinski definition) is 1. The van der Waals surface area contributed by atoms with Crippen LogP contribution < -0.4 is 5.32 Å². The number of amides is 2. The number of anilines is 1. The molecule has 3 nitrogen and oxygen atoms in total. The molecular weight excluding hydrogens is 272 g/mol. The molecule has 0 saturated heterocycles. The van der Waals surface area contributed by atoms with Crippen molar-refractivity contribution in [3.63, 3.8) is 0 Å². The molecule has 0 radical (unpaired) electrons. The molecule has 1 aromatic rings. The van der Waals surface area contributed by atoms with Gasteiger partial charge in [0.25, 0.3) is 0 Å². The molecule has 22 heavy (non-hydrogen) atoms. The van der Waals surface area contributed by atoms with Crippen LogP contribution in [-0.2, 0) is 6.42 Å². The quantitative estimate of drug-likeness (QED) is 0.770. The number of carbonyl (C=O) groups excluding carboxylic acids is 1. The third-order valence-corrected chi connectivity index (χ3v) is 4.57. The molecule has 1 aliphatic carbocycles. The van der Waals surface area contributed by atoms with E-state index in [1.54, 1.807) is 0 Å². The van der Waals surface area contributed by atoms with E-state index < -0.39 is 0 Å². The second kappa shape index (κ2) is 8.02. The smallest absolute Gasteiger partial charge is 0.318 e. The Morgan fingerprint density at radius 1 is 1.36 bits per heavy atom. The lowest BCUT2D eigenvalue weighted by Crippen LogP contribution is -2.44. The molecule has 2 rings (SSSR count). The molecule has 0 unspecified atom stereocenters. The minimum absolute atomic E-state index is 0.01000. The van der Waals surface area contributed by atoms with Crippen molar-refractivity contribution in [1.29, 1.82) is 0 Å². The minimum atomic E-state index is 0.01000. The molecule has 1 saturated carbocycles. The van der Waals surface area contributed by atoms with Gasteiger partial charge in [-0.2, -0.15) is 0 Å². The van der Waals surface area contributed by atoms with Crippen molar-refractivity contribution in [2.24, 2.45) is 0 Å². The Balaban J connectivity index is 2.15. The first kappa shape index (κ1) is 16.6. The molecular formula is C19H28N2O. The van der Waals surface area contributed by atoms with Gasteiger partial charge in [0.2, 0.25) is 0 Å². The van der Waals surface area contributed by atoms with E-state index in [1.807, 2.05) is 30.0 Å². The zero-order chi connectivity index (χ0) is 15.9. The Hall–Kier alpha value is -1.77. The molecule has 0 atom stereocenters. The van der Waals surface area contributed by atoms with Crippen molar-refractivity contribution >= 4 is 11.7 Å². The predicted octanol–water partition coefficient (Wildman–Crippen LogP) is 4.91. The molecule has 1 aliphatic rings. The summed E-state index contributed by atoms with van der Waals surface area (Å²) in [5.74, 6) is 0. The number of urea groups is 1. The molecule has 2 amide bonds. The Morgan fingerprint density at radius 2 is 2.09 bits per heavy atom. The number of nitrogens with one attached hydrogen (secondary N) is 1. The van der Waals surface area contributed by atoms with E-state index in [0.29, 0.717) is 12.6 Å². The van der Waals surface area contributed by atoms with Crippen LogP contribution in [-0.4, -0.2) is 23.5 Å². The van der Waals surface area contributed by atoms with Crippen LogP contribution in [0.1, 0.15) is 50.2 Å². The van der Waals surface area contributed by atoms with Crippen LogP contribution in [0.4, 0.5) is 10.5 Å². The van der Waals surface area contributed by atoms with Crippen LogP contribution in [0.25, 0.3) is 0 Å². The van der Waals surface area contributed by atoms with Gasteiger partial charge in [0.15, 0.2) is 0 Å². The predicted molar refractivity (Wildman–Crippen MR) is 93.4 cm³/mol. The standard InChI is InChI=1S/C19H28N2O/c1-4-14-21(17-12-7-6-8-13-17)19(22)20-18-15(3)10-9-11-16(18)5-2/h4,9-11,17H,1,5-8,12-14H2,2-3H3,(H,20,22). The van der Waals surface area contributed by atoms with Gasteiger partial charge in [-0.1, -0.05) is 50.5 Å². The summed E-state index contributed by atoms with van der Waals surface area (Å²) in [4.78, 5) is 14.7. The number of benzene rings is 1. The van der Waals surface area contributed by atoms with E-state index in [0.717, 1.165) is 30.5 Å². The van der Waals surface area contributed by atoms with Crippen molar-refractivity contribution in [3.8, 4) is 0 Å². The minimum Gasteiger partial charge on any atom is -0.318 e. The molecule has 3 heteroatoms. The lowest BCUT2D eigenvalue weighted by atomic mass is 9.94. The van der Waals surface area contributed by atoms with Crippen LogP contribution in [0.15, 0.2) is 30.9 Å². The van der Waals surface area contributed by atoms with Gasteiger partial charge in [0, 0.05) is 18.3 Å². The number of rotatable bonds is 5. The molecule has 0 bridgehead atoms. The first-order valence-electron chi connectivity index (χ1n) is 8.44. The summed E-state index contributed by atoms with van der Waals surface area (Å²) in [7, 11) is 0. The molecule has 120 valence electrons. The van der Waals surface area contributed by atoms with Gasteiger partial charge < -0.3 is 10.2 Å². The van der Waals surface area contributed by atoms with Gasteiger partial charge in [-0.3, -0.25) is 0 Å². The van der Waals surface area contributed by atoms with E-state index in [1.165, 1.54) is 24.8 Å². The highest BCUT2D eigenvalue weighted by Crippen LogP contribution is 2.25. The monoisotopic (exact) mass is 300 g/mol. The van der Waals surface area contributed by atoms with Crippen LogP contribution in [0, 0.1) is 6.92 Å². The maximum Gasteiger partial charge on any atom is 0.322 e. The van der Waals surface area contributed by atoms with Crippen molar-refractivity contribution < 1.29 is 4.79 Å². The highest BCUT2D eigenvalue weighted by atomic mass is 16.2. The highest BCUT2D eigenvalue weighted by molar-refractivity contribution is 5.91. The third-order valence-electron chi connectivity index (χ3n) is 4.57. The van der Waals surface area contributed by atoms with Crippen molar-refractivity contribution in [3.05, 3.63) is 42.0 Å². The van der Waals surface area contributed by atoms with Crippen LogP contribution in [0.3, 0.4) is 0 Å². The summed E-state index contributed by atoms with van der Waals surface area (Å²) < 4.78 is 0. The van der Waals surface area contributed by atoms with E-state index in [2.05, 4.69) is 24.9 Å². The zero-order valence-corrected chi connectivity index (χ0v) is 13.9. The van der Waals surface area contributed by atoms with E-state index in [9.17, 15) is 4.79 Å². The summed E-state index contributed by atoms with van der Waals surface area (Å²) >= 11 is 0. The lowest BCUT2D eigenvalue weighted by Gasteiger charge is -2.34. The SMILES string of the molecule is C=CCN(C(=O)Nc1c(C)cccc1CC)C1CCCCC1. The van der Waals surface area contributed by atoms with E-state index in [4.69, 9.17) is 0 Å². The van der Waals surface area contributed by atoms with Crippen molar-refractivity contribution in [2.45, 2.75) is 58.4 Å². The fourth-order valence-corrected chi connectivity index (χ4v) is 3.31. The van der Waals surface area contributed by atoms with E-state index in [-0.39, 0.29) is 6.03 Å². The fourth-order valence-electron chi connectivity index (χ4n) is 3.31. The van der Waals surface area contributed by atoms with Gasteiger partial charge in [0.1, 0.15) is 0 Å². The van der Waals surface area contributed by atoms with Gasteiger partial charge in [-0.15, -0.1) is 6.58 Å². The van der Waals surface area contributed by atoms with Gasteiger partial charge in [-0.25, -0.2) is 4.79 Å². The number of carbonyl (C=O) groups is 1. The van der Waals surface area contributed by atoms with Crippen molar-refractivity contribution in [1.82, 2.24) is 4.90 Å². The summed E-state index contributed by atoms with van der Waals surface area (Å²) in [6, 6.07) is 6.54. The van der Waals surface area contributed by atoms with Crippen LogP contribution in [0.5, 0.6) is 0 Å². The van der Waals surface area contributed by atoms with Crippen molar-refractivity contribution in [2.75, 3.05) is 11.9 Å². The first-order chi connectivity index (χ1) is 10.7. The molecule has 1 aromatic carbocycles. The molecule has 0 heterocycles. The maximum absolute atomic E-state index is 12.8. The second-order valence-electron chi connectivity index (χ2n) is 6.13.